The summed E-state index contributed by atoms with van der Waals surface area (Å²) < 4.78 is 0. The number of hydrogen-bond donors (Lipinski definition) is 3. The summed E-state index contributed by atoms with van der Waals surface area (Å²) in [6.45, 7) is 0. The lowest BCUT2D eigenvalue weighted by atomic mass is 10.1. The molecule has 2 aromatic carbocycles. The maximum atomic E-state index is 12.1. The molecular formula is C22H18N4O2S. The lowest BCUT2D eigenvalue weighted by molar-refractivity contribution is -0.115. The maximum Gasteiger partial charge on any atom is 0.229 e. The maximum absolute atomic E-state index is 12.1. The standard InChI is InChI=1S/C22H18N4O2S/c27-18-4-1-3-17(13-18)25-22-23-11-10-20(26-22)15-6-8-16(9-7-15)24-21(28)14-19-5-2-12-29-19/h1-13,27H,14H2,(H,24,28)(H,23,25,26). The average molecular weight is 402 g/mol. The minimum atomic E-state index is -0.0418. The van der Waals surface area contributed by atoms with Gasteiger partial charge in [-0.3, -0.25) is 4.79 Å². The van der Waals surface area contributed by atoms with E-state index in [0.29, 0.717) is 18.1 Å². The largest absolute Gasteiger partial charge is 0.508 e. The number of carbonyl (C=O) groups excluding carboxylic acids is 1. The molecule has 0 unspecified atom stereocenters. The second kappa shape index (κ2) is 8.53. The highest BCUT2D eigenvalue weighted by Crippen LogP contribution is 2.23. The minimum absolute atomic E-state index is 0.0418. The molecule has 7 heteroatoms. The van der Waals surface area contributed by atoms with Crippen LogP contribution in [0, 0.1) is 0 Å². The number of aromatic nitrogens is 2. The molecule has 4 rings (SSSR count). The van der Waals surface area contributed by atoms with E-state index in [1.165, 1.54) is 0 Å². The van der Waals surface area contributed by atoms with Gasteiger partial charge in [0.25, 0.3) is 0 Å². The molecule has 29 heavy (non-hydrogen) atoms. The molecule has 0 radical (unpaired) electrons. The molecule has 0 bridgehead atoms. The van der Waals surface area contributed by atoms with Crippen molar-refractivity contribution in [3.8, 4) is 17.0 Å². The Morgan fingerprint density at radius 1 is 1.00 bits per heavy atom. The highest BCUT2D eigenvalue weighted by atomic mass is 32.1. The van der Waals surface area contributed by atoms with Gasteiger partial charge in [0.05, 0.1) is 12.1 Å². The van der Waals surface area contributed by atoms with E-state index in [-0.39, 0.29) is 11.7 Å². The van der Waals surface area contributed by atoms with Crippen LogP contribution in [0.2, 0.25) is 0 Å². The van der Waals surface area contributed by atoms with Crippen LogP contribution in [0.3, 0.4) is 0 Å². The molecule has 0 aliphatic carbocycles. The van der Waals surface area contributed by atoms with Gasteiger partial charge in [0.15, 0.2) is 0 Å². The number of benzene rings is 2. The smallest absolute Gasteiger partial charge is 0.229 e. The van der Waals surface area contributed by atoms with Crippen molar-refractivity contribution in [2.24, 2.45) is 0 Å². The third-order valence-electron chi connectivity index (χ3n) is 4.14. The van der Waals surface area contributed by atoms with Gasteiger partial charge in [0.2, 0.25) is 11.9 Å². The summed E-state index contributed by atoms with van der Waals surface area (Å²) in [5.41, 5.74) is 3.09. The fourth-order valence-corrected chi connectivity index (χ4v) is 3.50. The summed E-state index contributed by atoms with van der Waals surface area (Å²) in [6.07, 6.45) is 2.04. The molecule has 0 aliphatic rings. The normalized spacial score (nSPS) is 10.5. The quantitative estimate of drug-likeness (QED) is 0.430. The first kappa shape index (κ1) is 18.6. The van der Waals surface area contributed by atoms with E-state index in [1.54, 1.807) is 35.7 Å². The van der Waals surface area contributed by atoms with Crippen LogP contribution >= 0.6 is 11.3 Å². The third kappa shape index (κ3) is 4.97. The highest BCUT2D eigenvalue weighted by Gasteiger charge is 2.07. The molecular weight excluding hydrogens is 384 g/mol. The monoisotopic (exact) mass is 402 g/mol. The molecule has 0 atom stereocenters. The van der Waals surface area contributed by atoms with Crippen molar-refractivity contribution in [2.75, 3.05) is 10.6 Å². The number of carbonyl (C=O) groups is 1. The van der Waals surface area contributed by atoms with Crippen LogP contribution < -0.4 is 10.6 Å². The number of hydrogen-bond acceptors (Lipinski definition) is 6. The Bertz CT molecular complexity index is 1110. The van der Waals surface area contributed by atoms with Gasteiger partial charge in [0, 0.05) is 34.1 Å². The van der Waals surface area contributed by atoms with Crippen molar-refractivity contribution in [2.45, 2.75) is 6.42 Å². The van der Waals surface area contributed by atoms with Crippen LogP contribution in [0.5, 0.6) is 5.75 Å². The number of aromatic hydroxyl groups is 1. The second-order valence-electron chi connectivity index (χ2n) is 6.32. The van der Waals surface area contributed by atoms with Crippen molar-refractivity contribution in [3.05, 3.63) is 83.2 Å². The molecule has 0 fully saturated rings. The number of amides is 1. The molecule has 6 nitrogen and oxygen atoms in total. The van der Waals surface area contributed by atoms with Crippen LogP contribution in [0.15, 0.2) is 78.3 Å². The zero-order chi connectivity index (χ0) is 20.1. The number of rotatable bonds is 6. The molecule has 0 aliphatic heterocycles. The van der Waals surface area contributed by atoms with E-state index >= 15 is 0 Å². The molecule has 1 amide bonds. The Balaban J connectivity index is 1.44. The van der Waals surface area contributed by atoms with E-state index in [4.69, 9.17) is 0 Å². The van der Waals surface area contributed by atoms with Gasteiger partial charge in [-0.1, -0.05) is 24.3 Å². The fourth-order valence-electron chi connectivity index (χ4n) is 2.79. The first-order valence-electron chi connectivity index (χ1n) is 8.97. The molecule has 4 aromatic rings. The van der Waals surface area contributed by atoms with Gasteiger partial charge in [-0.05, 0) is 41.8 Å². The van der Waals surface area contributed by atoms with Crippen molar-refractivity contribution >= 4 is 34.6 Å². The van der Waals surface area contributed by atoms with E-state index < -0.39 is 0 Å². The number of nitrogens with one attached hydrogen (secondary N) is 2. The number of phenols is 1. The van der Waals surface area contributed by atoms with Gasteiger partial charge in [0.1, 0.15) is 5.75 Å². The summed E-state index contributed by atoms with van der Waals surface area (Å²) in [6, 6.07) is 20.0. The molecule has 0 saturated carbocycles. The van der Waals surface area contributed by atoms with Crippen LogP contribution in [-0.2, 0) is 11.2 Å². The van der Waals surface area contributed by atoms with Gasteiger partial charge in [-0.25, -0.2) is 9.97 Å². The van der Waals surface area contributed by atoms with Crippen LogP contribution in [0.25, 0.3) is 11.3 Å². The van der Waals surface area contributed by atoms with Crippen molar-refractivity contribution in [1.82, 2.24) is 9.97 Å². The minimum Gasteiger partial charge on any atom is -0.508 e. The van der Waals surface area contributed by atoms with Crippen molar-refractivity contribution in [1.29, 1.82) is 0 Å². The van der Waals surface area contributed by atoms with Gasteiger partial charge >= 0.3 is 0 Å². The van der Waals surface area contributed by atoms with Gasteiger partial charge < -0.3 is 15.7 Å². The number of phenolic OH excluding ortho intramolecular Hbond substituents is 1. The Labute approximate surface area is 171 Å². The molecule has 2 aromatic heterocycles. The molecule has 3 N–H and O–H groups in total. The topological polar surface area (TPSA) is 87.1 Å². The average Bonchev–Trinajstić information content (AvgIpc) is 3.22. The SMILES string of the molecule is O=C(Cc1cccs1)Nc1ccc(-c2ccnc(Nc3cccc(O)c3)n2)cc1. The summed E-state index contributed by atoms with van der Waals surface area (Å²) in [7, 11) is 0. The summed E-state index contributed by atoms with van der Waals surface area (Å²) >= 11 is 1.57. The van der Waals surface area contributed by atoms with E-state index in [9.17, 15) is 9.90 Å². The summed E-state index contributed by atoms with van der Waals surface area (Å²) in [5.74, 6) is 0.559. The second-order valence-corrected chi connectivity index (χ2v) is 7.35. The predicted molar refractivity (Wildman–Crippen MR) is 116 cm³/mol. The number of anilines is 3. The Morgan fingerprint density at radius 2 is 1.86 bits per heavy atom. The molecule has 0 spiro atoms. The van der Waals surface area contributed by atoms with Gasteiger partial charge in [-0.2, -0.15) is 0 Å². The fraction of sp³-hybridized carbons (Fsp3) is 0.0455. The Kier molecular flexibility index (Phi) is 5.49. The zero-order valence-corrected chi connectivity index (χ0v) is 16.2. The van der Waals surface area contributed by atoms with Gasteiger partial charge in [-0.15, -0.1) is 11.3 Å². The highest BCUT2D eigenvalue weighted by molar-refractivity contribution is 7.10. The zero-order valence-electron chi connectivity index (χ0n) is 15.4. The lowest BCUT2D eigenvalue weighted by Crippen LogP contribution is -2.13. The van der Waals surface area contributed by atoms with Crippen LogP contribution in [-0.4, -0.2) is 21.0 Å². The van der Waals surface area contributed by atoms with E-state index in [1.807, 2.05) is 53.9 Å². The van der Waals surface area contributed by atoms with Crippen molar-refractivity contribution < 1.29 is 9.90 Å². The van der Waals surface area contributed by atoms with E-state index in [2.05, 4.69) is 20.6 Å². The predicted octanol–water partition coefficient (Wildman–Crippen LogP) is 4.84. The van der Waals surface area contributed by atoms with Crippen LogP contribution in [0.4, 0.5) is 17.3 Å². The third-order valence-corrected chi connectivity index (χ3v) is 5.01. The first-order valence-corrected chi connectivity index (χ1v) is 9.85. The first-order chi connectivity index (χ1) is 14.2. The Hall–Kier alpha value is -3.71. The summed E-state index contributed by atoms with van der Waals surface area (Å²) in [5, 5.41) is 17.5. The Morgan fingerprint density at radius 3 is 2.62 bits per heavy atom. The number of nitrogens with zero attached hydrogens (tertiary/aromatic N) is 2. The molecule has 0 saturated heterocycles. The van der Waals surface area contributed by atoms with Crippen molar-refractivity contribution in [3.63, 3.8) is 0 Å². The van der Waals surface area contributed by atoms with E-state index in [0.717, 1.165) is 21.8 Å². The molecule has 144 valence electrons. The number of thiophene rings is 1. The molecule has 2 heterocycles. The van der Waals surface area contributed by atoms with Crippen LogP contribution in [0.1, 0.15) is 4.88 Å². The lowest BCUT2D eigenvalue weighted by Gasteiger charge is -2.08. The summed E-state index contributed by atoms with van der Waals surface area (Å²) in [4.78, 5) is 21.9.